The maximum atomic E-state index is 2.55. The van der Waals surface area contributed by atoms with Gasteiger partial charge in [0.15, 0.2) is 0 Å². The molecule has 4 unspecified atom stereocenters. The molecule has 1 heterocycles. The minimum atomic E-state index is 0.727. The lowest BCUT2D eigenvalue weighted by molar-refractivity contribution is -0.0457. The molecule has 0 spiro atoms. The molecule has 2 saturated carbocycles. The zero-order valence-electron chi connectivity index (χ0n) is 12.0. The van der Waals surface area contributed by atoms with E-state index in [4.69, 9.17) is 0 Å². The van der Waals surface area contributed by atoms with E-state index in [1.54, 1.807) is 12.8 Å². The third-order valence-electron chi connectivity index (χ3n) is 6.55. The fourth-order valence-electron chi connectivity index (χ4n) is 5.83. The molecule has 0 aromatic rings. The first-order valence-electron chi connectivity index (χ1n) is 7.85. The second-order valence-corrected chi connectivity index (χ2v) is 8.19. The van der Waals surface area contributed by atoms with E-state index in [0.717, 1.165) is 33.2 Å². The molecule has 98 valence electrons. The van der Waals surface area contributed by atoms with Crippen LogP contribution in [-0.4, -0.2) is 10.00 Å². The molecule has 0 N–H and O–H groups in total. The minimum Gasteiger partial charge on any atom is -0.148 e. The van der Waals surface area contributed by atoms with Crippen molar-refractivity contribution in [1.29, 1.82) is 0 Å². The van der Waals surface area contributed by atoms with Gasteiger partial charge in [0, 0.05) is 10.00 Å². The fraction of sp³-hybridized carbons (Fsp3) is 1.00. The second-order valence-electron chi connectivity index (χ2n) is 6.72. The molecule has 3 aliphatic rings. The Morgan fingerprint density at radius 3 is 2.53 bits per heavy atom. The summed E-state index contributed by atoms with van der Waals surface area (Å²) in [6.45, 7) is 9.83. The Bertz CT molecular complexity index is 313. The van der Waals surface area contributed by atoms with Crippen molar-refractivity contribution in [1.82, 2.24) is 0 Å². The van der Waals surface area contributed by atoms with Crippen molar-refractivity contribution in [3.63, 3.8) is 0 Å². The molecule has 0 nitrogen and oxygen atoms in total. The Balaban J connectivity index is 1.94. The second kappa shape index (κ2) is 3.92. The molecule has 6 atom stereocenters. The summed E-state index contributed by atoms with van der Waals surface area (Å²) in [6, 6.07) is 0. The lowest BCUT2D eigenvalue weighted by Gasteiger charge is -2.57. The van der Waals surface area contributed by atoms with Gasteiger partial charge in [-0.25, -0.2) is 0 Å². The van der Waals surface area contributed by atoms with E-state index in [1.807, 2.05) is 0 Å². The van der Waals surface area contributed by atoms with Crippen molar-refractivity contribution < 1.29 is 0 Å². The highest BCUT2D eigenvalue weighted by Gasteiger charge is 2.80. The predicted octanol–water partition coefficient (Wildman–Crippen LogP) is 5.12. The van der Waals surface area contributed by atoms with Crippen LogP contribution in [0.15, 0.2) is 0 Å². The highest BCUT2D eigenvalue weighted by atomic mass is 32.2. The van der Waals surface area contributed by atoms with Gasteiger partial charge in [0.25, 0.3) is 0 Å². The number of rotatable bonds is 5. The fourth-order valence-corrected chi connectivity index (χ4v) is 8.03. The summed E-state index contributed by atoms with van der Waals surface area (Å²) in [4.78, 5) is 0. The van der Waals surface area contributed by atoms with Gasteiger partial charge in [-0.15, -0.1) is 11.8 Å². The summed E-state index contributed by atoms with van der Waals surface area (Å²) in [5.41, 5.74) is 0.765. The van der Waals surface area contributed by atoms with Crippen LogP contribution in [0.1, 0.15) is 66.2 Å². The highest BCUT2D eigenvalue weighted by molar-refractivity contribution is 8.08. The van der Waals surface area contributed by atoms with Crippen molar-refractivity contribution in [2.24, 2.45) is 23.2 Å². The van der Waals surface area contributed by atoms with Gasteiger partial charge in [-0.3, -0.25) is 0 Å². The van der Waals surface area contributed by atoms with Crippen molar-refractivity contribution in [3.05, 3.63) is 0 Å². The number of hydrogen-bond acceptors (Lipinski definition) is 1. The summed E-state index contributed by atoms with van der Waals surface area (Å²) in [5.74, 6) is 3.12. The average molecular weight is 252 g/mol. The number of thioether (sulfide) groups is 1. The van der Waals surface area contributed by atoms with Crippen LogP contribution in [0.4, 0.5) is 0 Å². The van der Waals surface area contributed by atoms with Crippen LogP contribution in [-0.2, 0) is 0 Å². The normalized spacial score (nSPS) is 52.6. The average Bonchev–Trinajstić information content (AvgIpc) is 3.00. The minimum absolute atomic E-state index is 0.727. The zero-order valence-corrected chi connectivity index (χ0v) is 12.8. The molecule has 3 rings (SSSR count). The molecule has 1 heteroatoms. The van der Waals surface area contributed by atoms with Gasteiger partial charge in [0.1, 0.15) is 0 Å². The topological polar surface area (TPSA) is 0 Å². The molecule has 17 heavy (non-hydrogen) atoms. The summed E-state index contributed by atoms with van der Waals surface area (Å²) < 4.78 is 0.727. The molecule has 0 amide bonds. The largest absolute Gasteiger partial charge is 0.148 e. The Hall–Kier alpha value is 0.350. The van der Waals surface area contributed by atoms with Crippen LogP contribution in [0.5, 0.6) is 0 Å². The van der Waals surface area contributed by atoms with Crippen LogP contribution in [0.3, 0.4) is 0 Å². The Kier molecular flexibility index (Phi) is 2.86. The van der Waals surface area contributed by atoms with Gasteiger partial charge in [-0.1, -0.05) is 47.0 Å². The predicted molar refractivity (Wildman–Crippen MR) is 77.4 cm³/mol. The van der Waals surface area contributed by atoms with Crippen LogP contribution in [0, 0.1) is 23.2 Å². The first-order chi connectivity index (χ1) is 8.18. The third kappa shape index (κ3) is 1.23. The molecular weight excluding hydrogens is 224 g/mol. The molecule has 1 saturated heterocycles. The van der Waals surface area contributed by atoms with E-state index in [0.29, 0.717) is 0 Å². The van der Waals surface area contributed by atoms with Crippen molar-refractivity contribution in [2.75, 3.05) is 0 Å². The molecule has 3 fully saturated rings. The van der Waals surface area contributed by atoms with E-state index in [9.17, 15) is 0 Å². The van der Waals surface area contributed by atoms with E-state index in [-0.39, 0.29) is 0 Å². The Morgan fingerprint density at radius 1 is 1.29 bits per heavy atom. The Labute approximate surface area is 111 Å². The van der Waals surface area contributed by atoms with Crippen LogP contribution < -0.4 is 0 Å². The standard InChI is InChI=1S/C16H28S/c1-5-8-12(6-2)15-10-9-13(15)11(4)14-16(15,7-3)17-14/h11-14H,5-10H2,1-4H3/t11?,12?,13?,14?,15-,16+/m1/s1. The van der Waals surface area contributed by atoms with E-state index >= 15 is 0 Å². The monoisotopic (exact) mass is 252 g/mol. The van der Waals surface area contributed by atoms with Crippen LogP contribution >= 0.6 is 11.8 Å². The Morgan fingerprint density at radius 2 is 2.06 bits per heavy atom. The van der Waals surface area contributed by atoms with Gasteiger partial charge in [0.05, 0.1) is 0 Å². The lowest BCUT2D eigenvalue weighted by atomic mass is 9.49. The lowest BCUT2D eigenvalue weighted by Crippen LogP contribution is -2.52. The van der Waals surface area contributed by atoms with Crippen LogP contribution in [0.25, 0.3) is 0 Å². The smallest absolute Gasteiger partial charge is 0.0343 e. The van der Waals surface area contributed by atoms with Gasteiger partial charge in [-0.2, -0.15) is 0 Å². The molecule has 0 radical (unpaired) electrons. The van der Waals surface area contributed by atoms with Crippen molar-refractivity contribution in [3.8, 4) is 0 Å². The van der Waals surface area contributed by atoms with Crippen molar-refractivity contribution >= 4 is 11.8 Å². The molecule has 0 aromatic heterocycles. The summed E-state index contributed by atoms with van der Waals surface area (Å²) in [5, 5.41) is 1.03. The molecule has 1 aliphatic heterocycles. The summed E-state index contributed by atoms with van der Waals surface area (Å²) in [6.07, 6.45) is 8.82. The molecule has 2 aliphatic carbocycles. The highest BCUT2D eigenvalue weighted by Crippen LogP contribution is 2.84. The molecular formula is C16H28S. The maximum Gasteiger partial charge on any atom is 0.0343 e. The maximum absolute atomic E-state index is 2.55. The van der Waals surface area contributed by atoms with Crippen molar-refractivity contribution in [2.45, 2.75) is 76.2 Å². The van der Waals surface area contributed by atoms with Gasteiger partial charge in [-0.05, 0) is 42.4 Å². The quantitative estimate of drug-likeness (QED) is 0.612. The summed E-state index contributed by atoms with van der Waals surface area (Å²) >= 11 is 2.37. The number of hydrogen-bond donors (Lipinski definition) is 0. The van der Waals surface area contributed by atoms with Gasteiger partial charge >= 0.3 is 0 Å². The van der Waals surface area contributed by atoms with Crippen LogP contribution in [0.2, 0.25) is 0 Å². The molecule has 0 aromatic carbocycles. The molecule has 0 bridgehead atoms. The summed E-state index contributed by atoms with van der Waals surface area (Å²) in [7, 11) is 0. The van der Waals surface area contributed by atoms with Gasteiger partial charge < -0.3 is 0 Å². The van der Waals surface area contributed by atoms with Gasteiger partial charge in [0.2, 0.25) is 0 Å². The van der Waals surface area contributed by atoms with E-state index in [1.165, 1.54) is 25.7 Å². The van der Waals surface area contributed by atoms with E-state index < -0.39 is 0 Å². The zero-order chi connectivity index (χ0) is 12.3. The number of fused-ring (bicyclic) bond motifs is 3. The van der Waals surface area contributed by atoms with E-state index in [2.05, 4.69) is 39.5 Å². The third-order valence-corrected chi connectivity index (χ3v) is 8.73. The first kappa shape index (κ1) is 12.4. The first-order valence-corrected chi connectivity index (χ1v) is 8.73. The SMILES string of the molecule is CCCC(CC)[C@]12CCC1C(C)C1S[C@@]12CC.